The molecule has 2 N–H and O–H groups in total. The summed E-state index contributed by atoms with van der Waals surface area (Å²) in [4.78, 5) is 17.6. The molecule has 1 aliphatic carbocycles. The van der Waals surface area contributed by atoms with Crippen LogP contribution in [0.2, 0.25) is 0 Å². The van der Waals surface area contributed by atoms with Crippen molar-refractivity contribution in [2.45, 2.75) is 44.2 Å². The molecule has 2 aromatic rings. The Hall–Kier alpha value is -2.14. The fraction of sp³-hybridized carbons (Fsp3) is 0.474. The van der Waals surface area contributed by atoms with Gasteiger partial charge in [0, 0.05) is 47.5 Å². The smallest absolute Gasteiger partial charge is 0.317 e. The summed E-state index contributed by atoms with van der Waals surface area (Å²) in [6.07, 6.45) is 9.36. The molecule has 1 saturated carbocycles. The van der Waals surface area contributed by atoms with E-state index in [-0.39, 0.29) is 6.54 Å². The van der Waals surface area contributed by atoms with Crippen LogP contribution in [-0.2, 0) is 11.2 Å². The van der Waals surface area contributed by atoms with E-state index in [1.54, 1.807) is 0 Å². The average molecular weight is 325 g/mol. The van der Waals surface area contributed by atoms with Gasteiger partial charge >= 0.3 is 5.97 Å². The van der Waals surface area contributed by atoms with Crippen molar-refractivity contribution in [3.05, 3.63) is 36.2 Å². The van der Waals surface area contributed by atoms with Gasteiger partial charge in [0.1, 0.15) is 0 Å². The first-order valence-corrected chi connectivity index (χ1v) is 8.80. The van der Waals surface area contributed by atoms with Gasteiger partial charge in [-0.25, -0.2) is 0 Å². The molecular formula is C19H23N3O2. The topological polar surface area (TPSA) is 65.5 Å². The highest BCUT2D eigenvalue weighted by molar-refractivity contribution is 5.97. The third-order valence-corrected chi connectivity index (χ3v) is 5.45. The van der Waals surface area contributed by atoms with Crippen LogP contribution < -0.4 is 10.2 Å². The number of benzene rings is 1. The lowest BCUT2D eigenvalue weighted by Gasteiger charge is -2.41. The maximum absolute atomic E-state index is 10.7. The standard InChI is InChI=1S/C19H23N3O2/c23-18(24)12-21-15-4-6-16(7-5-15)22-9-8-14-11-20-10-13-2-1-3-17(22)19(13)14/h1-3,10-11,15-16,21H,4-9,12H2,(H,23,24). The van der Waals surface area contributed by atoms with Gasteiger partial charge in [-0.05, 0) is 43.7 Å². The van der Waals surface area contributed by atoms with E-state index in [4.69, 9.17) is 5.11 Å². The van der Waals surface area contributed by atoms with Gasteiger partial charge in [0.05, 0.1) is 6.54 Å². The van der Waals surface area contributed by atoms with Gasteiger partial charge in [-0.2, -0.15) is 0 Å². The van der Waals surface area contributed by atoms with Crippen molar-refractivity contribution >= 4 is 22.4 Å². The quantitative estimate of drug-likeness (QED) is 0.904. The maximum atomic E-state index is 10.7. The second kappa shape index (κ2) is 6.40. The Morgan fingerprint density at radius 2 is 2.08 bits per heavy atom. The molecular weight excluding hydrogens is 302 g/mol. The number of carbonyl (C=O) groups is 1. The van der Waals surface area contributed by atoms with Gasteiger partial charge in [0.15, 0.2) is 0 Å². The lowest BCUT2D eigenvalue weighted by atomic mass is 9.88. The van der Waals surface area contributed by atoms with E-state index in [1.165, 1.54) is 22.0 Å². The van der Waals surface area contributed by atoms with Crippen molar-refractivity contribution in [1.29, 1.82) is 0 Å². The number of rotatable bonds is 4. The molecule has 0 unspecified atom stereocenters. The summed E-state index contributed by atoms with van der Waals surface area (Å²) in [5, 5.41) is 14.5. The molecule has 2 aliphatic rings. The van der Waals surface area contributed by atoms with E-state index in [1.807, 2.05) is 12.4 Å². The van der Waals surface area contributed by atoms with E-state index in [9.17, 15) is 4.79 Å². The van der Waals surface area contributed by atoms with E-state index in [0.29, 0.717) is 12.1 Å². The summed E-state index contributed by atoms with van der Waals surface area (Å²) >= 11 is 0. The molecule has 0 radical (unpaired) electrons. The van der Waals surface area contributed by atoms with Crippen molar-refractivity contribution in [2.75, 3.05) is 18.0 Å². The van der Waals surface area contributed by atoms with Crippen LogP contribution in [0.1, 0.15) is 31.2 Å². The van der Waals surface area contributed by atoms with Crippen LogP contribution in [0.15, 0.2) is 30.6 Å². The predicted molar refractivity (Wildman–Crippen MR) is 94.5 cm³/mol. The van der Waals surface area contributed by atoms with E-state index < -0.39 is 5.97 Å². The minimum atomic E-state index is -0.773. The Bertz CT molecular complexity index is 748. The fourth-order valence-corrected chi connectivity index (χ4v) is 4.28. The molecule has 0 saturated heterocycles. The van der Waals surface area contributed by atoms with Gasteiger partial charge in [-0.1, -0.05) is 12.1 Å². The number of carboxylic acids is 1. The summed E-state index contributed by atoms with van der Waals surface area (Å²) in [7, 11) is 0. The summed E-state index contributed by atoms with van der Waals surface area (Å²) < 4.78 is 0. The Balaban J connectivity index is 1.51. The number of aliphatic carboxylic acids is 1. The average Bonchev–Trinajstić information content (AvgIpc) is 2.61. The molecule has 1 aromatic heterocycles. The molecule has 126 valence electrons. The molecule has 0 amide bonds. The van der Waals surface area contributed by atoms with Crippen LogP contribution in [0.5, 0.6) is 0 Å². The van der Waals surface area contributed by atoms with Crippen LogP contribution in [0.3, 0.4) is 0 Å². The highest BCUT2D eigenvalue weighted by Gasteiger charge is 2.29. The molecule has 0 spiro atoms. The van der Waals surface area contributed by atoms with Gasteiger partial charge in [-0.3, -0.25) is 9.78 Å². The minimum Gasteiger partial charge on any atom is -0.480 e. The van der Waals surface area contributed by atoms with Crippen molar-refractivity contribution in [3.63, 3.8) is 0 Å². The Morgan fingerprint density at radius 1 is 1.25 bits per heavy atom. The van der Waals surface area contributed by atoms with E-state index in [0.717, 1.165) is 38.6 Å². The van der Waals surface area contributed by atoms with Gasteiger partial charge in [-0.15, -0.1) is 0 Å². The first kappa shape index (κ1) is 15.4. The predicted octanol–water partition coefficient (Wildman–Crippen LogP) is 2.58. The van der Waals surface area contributed by atoms with Crippen molar-refractivity contribution in [3.8, 4) is 0 Å². The lowest BCUT2D eigenvalue weighted by molar-refractivity contribution is -0.136. The second-order valence-corrected chi connectivity index (χ2v) is 6.90. The van der Waals surface area contributed by atoms with Crippen LogP contribution >= 0.6 is 0 Å². The molecule has 24 heavy (non-hydrogen) atoms. The number of pyridine rings is 1. The third kappa shape index (κ3) is 2.84. The summed E-state index contributed by atoms with van der Waals surface area (Å²) in [6.45, 7) is 1.12. The number of carboxylic acid groups (broad SMARTS) is 1. The SMILES string of the molecule is O=C(O)CNC1CCC(N2CCc3cncc4cccc2c34)CC1. The Morgan fingerprint density at radius 3 is 2.88 bits per heavy atom. The highest BCUT2D eigenvalue weighted by Crippen LogP contribution is 2.37. The summed E-state index contributed by atoms with van der Waals surface area (Å²) in [6, 6.07) is 7.40. The zero-order valence-corrected chi connectivity index (χ0v) is 13.7. The number of nitrogens with one attached hydrogen (secondary N) is 1. The van der Waals surface area contributed by atoms with Crippen LogP contribution in [-0.4, -0.2) is 41.2 Å². The highest BCUT2D eigenvalue weighted by atomic mass is 16.4. The first-order chi connectivity index (χ1) is 11.7. The molecule has 1 aromatic carbocycles. The van der Waals surface area contributed by atoms with Gasteiger partial charge < -0.3 is 15.3 Å². The maximum Gasteiger partial charge on any atom is 0.317 e. The largest absolute Gasteiger partial charge is 0.480 e. The third-order valence-electron chi connectivity index (χ3n) is 5.45. The number of hydrogen-bond donors (Lipinski definition) is 2. The molecule has 5 nitrogen and oxygen atoms in total. The van der Waals surface area contributed by atoms with Crippen LogP contribution in [0.4, 0.5) is 5.69 Å². The van der Waals surface area contributed by atoms with Crippen molar-refractivity contribution in [2.24, 2.45) is 0 Å². The summed E-state index contributed by atoms with van der Waals surface area (Å²) in [5.41, 5.74) is 2.70. The van der Waals surface area contributed by atoms with Crippen molar-refractivity contribution < 1.29 is 9.90 Å². The van der Waals surface area contributed by atoms with Crippen LogP contribution in [0.25, 0.3) is 10.8 Å². The molecule has 0 bridgehead atoms. The molecule has 1 fully saturated rings. The first-order valence-electron chi connectivity index (χ1n) is 8.80. The van der Waals surface area contributed by atoms with Crippen LogP contribution in [0, 0.1) is 0 Å². The monoisotopic (exact) mass is 325 g/mol. The number of anilines is 1. The summed E-state index contributed by atoms with van der Waals surface area (Å²) in [5.74, 6) is -0.773. The normalized spacial score (nSPS) is 23.4. The minimum absolute atomic E-state index is 0.0682. The molecule has 0 atom stereocenters. The van der Waals surface area contributed by atoms with Crippen molar-refractivity contribution in [1.82, 2.24) is 10.3 Å². The van der Waals surface area contributed by atoms with E-state index >= 15 is 0 Å². The molecule has 5 heteroatoms. The molecule has 2 heterocycles. The molecule has 1 aliphatic heterocycles. The second-order valence-electron chi connectivity index (χ2n) is 6.90. The Labute approximate surface area is 141 Å². The fourth-order valence-electron chi connectivity index (χ4n) is 4.28. The van der Waals surface area contributed by atoms with E-state index in [2.05, 4.69) is 33.4 Å². The Kier molecular flexibility index (Phi) is 4.10. The molecule has 4 rings (SSSR count). The zero-order valence-electron chi connectivity index (χ0n) is 13.7. The number of nitrogens with zero attached hydrogens (tertiary/aromatic N) is 2. The number of hydrogen-bond acceptors (Lipinski definition) is 4. The van der Waals surface area contributed by atoms with Gasteiger partial charge in [0.2, 0.25) is 0 Å². The van der Waals surface area contributed by atoms with Gasteiger partial charge in [0.25, 0.3) is 0 Å². The number of aromatic nitrogens is 1. The zero-order chi connectivity index (χ0) is 16.5. The lowest BCUT2D eigenvalue weighted by Crippen LogP contribution is -2.45.